The van der Waals surface area contributed by atoms with Crippen molar-refractivity contribution in [2.45, 2.75) is 13.3 Å². The molecule has 0 spiro atoms. The van der Waals surface area contributed by atoms with E-state index >= 15 is 0 Å². The van der Waals surface area contributed by atoms with Gasteiger partial charge in [-0.1, -0.05) is 13.0 Å². The first-order chi connectivity index (χ1) is 10.6. The summed E-state index contributed by atoms with van der Waals surface area (Å²) in [4.78, 5) is 26.5. The normalized spacial score (nSPS) is 10.0. The number of nitrogens with zero attached hydrogens (tertiary/aromatic N) is 2. The Morgan fingerprint density at radius 3 is 2.86 bits per heavy atom. The molecular formula is C15H16N4O3. The molecule has 0 radical (unpaired) electrons. The molecule has 0 saturated heterocycles. The lowest BCUT2D eigenvalue weighted by Crippen LogP contribution is -2.25. The number of nitro groups is 1. The van der Waals surface area contributed by atoms with Crippen LogP contribution in [-0.4, -0.2) is 22.4 Å². The van der Waals surface area contributed by atoms with Crippen LogP contribution < -0.4 is 10.6 Å². The van der Waals surface area contributed by atoms with Gasteiger partial charge in [0.25, 0.3) is 11.6 Å². The number of nitro benzene ring substituents is 1. The first-order valence-electron chi connectivity index (χ1n) is 6.86. The van der Waals surface area contributed by atoms with Crippen molar-refractivity contribution < 1.29 is 9.72 Å². The smallest absolute Gasteiger partial charge is 0.271 e. The summed E-state index contributed by atoms with van der Waals surface area (Å²) in [5.41, 5.74) is 0.859. The maximum atomic E-state index is 12.1. The van der Waals surface area contributed by atoms with Crippen LogP contribution in [0.4, 0.5) is 17.2 Å². The Labute approximate surface area is 127 Å². The molecule has 2 N–H and O–H groups in total. The van der Waals surface area contributed by atoms with Gasteiger partial charge >= 0.3 is 0 Å². The Hall–Kier alpha value is -2.96. The molecule has 0 saturated carbocycles. The van der Waals surface area contributed by atoms with Crippen molar-refractivity contribution in [3.8, 4) is 0 Å². The van der Waals surface area contributed by atoms with Gasteiger partial charge in [-0.2, -0.15) is 0 Å². The van der Waals surface area contributed by atoms with Gasteiger partial charge in [-0.05, 0) is 24.6 Å². The molecule has 1 heterocycles. The Morgan fingerprint density at radius 1 is 1.32 bits per heavy atom. The SMILES string of the molecule is CCCNC(=O)c1cccnc1Nc1cccc([N+](=O)[O-])c1. The van der Waals surface area contributed by atoms with E-state index in [1.54, 1.807) is 30.5 Å². The molecule has 7 heteroatoms. The minimum Gasteiger partial charge on any atom is -0.352 e. The fourth-order valence-corrected chi connectivity index (χ4v) is 1.86. The highest BCUT2D eigenvalue weighted by Gasteiger charge is 2.13. The Kier molecular flexibility index (Phi) is 5.02. The zero-order valence-electron chi connectivity index (χ0n) is 12.1. The standard InChI is InChI=1S/C15H16N4O3/c1-2-8-17-15(20)13-7-4-9-16-14(13)18-11-5-3-6-12(10-11)19(21)22/h3-7,9-10H,2,8H2,1H3,(H,16,18)(H,17,20). The summed E-state index contributed by atoms with van der Waals surface area (Å²) in [6.45, 7) is 2.54. The lowest BCUT2D eigenvalue weighted by atomic mass is 10.2. The lowest BCUT2D eigenvalue weighted by molar-refractivity contribution is -0.384. The van der Waals surface area contributed by atoms with Crippen molar-refractivity contribution in [1.29, 1.82) is 0 Å². The van der Waals surface area contributed by atoms with Crippen LogP contribution in [-0.2, 0) is 0 Å². The van der Waals surface area contributed by atoms with Gasteiger partial charge in [0.2, 0.25) is 0 Å². The zero-order valence-corrected chi connectivity index (χ0v) is 12.1. The minimum atomic E-state index is -0.474. The number of amides is 1. The number of anilines is 2. The number of non-ortho nitro benzene ring substituents is 1. The summed E-state index contributed by atoms with van der Waals surface area (Å²) in [7, 11) is 0. The first kappa shape index (κ1) is 15.4. The average molecular weight is 300 g/mol. The van der Waals surface area contributed by atoms with Crippen LogP contribution in [0.25, 0.3) is 0 Å². The number of nitrogens with one attached hydrogen (secondary N) is 2. The first-order valence-corrected chi connectivity index (χ1v) is 6.86. The van der Waals surface area contributed by atoms with Crippen LogP contribution in [0.3, 0.4) is 0 Å². The van der Waals surface area contributed by atoms with Gasteiger partial charge in [-0.3, -0.25) is 14.9 Å². The molecule has 0 fully saturated rings. The summed E-state index contributed by atoms with van der Waals surface area (Å²) in [5, 5.41) is 16.5. The van der Waals surface area contributed by atoms with E-state index < -0.39 is 4.92 Å². The van der Waals surface area contributed by atoms with E-state index in [2.05, 4.69) is 15.6 Å². The number of pyridine rings is 1. The van der Waals surface area contributed by atoms with E-state index in [1.165, 1.54) is 12.1 Å². The van der Waals surface area contributed by atoms with Crippen molar-refractivity contribution >= 4 is 23.1 Å². The number of carbonyl (C=O) groups is 1. The van der Waals surface area contributed by atoms with Gasteiger partial charge in [0, 0.05) is 30.6 Å². The zero-order chi connectivity index (χ0) is 15.9. The molecule has 0 unspecified atom stereocenters. The van der Waals surface area contributed by atoms with Crippen LogP contribution >= 0.6 is 0 Å². The highest BCUT2D eigenvalue weighted by Crippen LogP contribution is 2.22. The highest BCUT2D eigenvalue weighted by molar-refractivity contribution is 5.99. The maximum absolute atomic E-state index is 12.1. The maximum Gasteiger partial charge on any atom is 0.271 e. The Bertz CT molecular complexity index is 688. The third-order valence-corrected chi connectivity index (χ3v) is 2.91. The topological polar surface area (TPSA) is 97.2 Å². The molecule has 1 amide bonds. The van der Waals surface area contributed by atoms with Crippen molar-refractivity contribution in [3.63, 3.8) is 0 Å². The van der Waals surface area contributed by atoms with E-state index in [-0.39, 0.29) is 11.6 Å². The van der Waals surface area contributed by atoms with Gasteiger partial charge in [0.05, 0.1) is 10.5 Å². The molecule has 2 rings (SSSR count). The quantitative estimate of drug-likeness (QED) is 0.631. The largest absolute Gasteiger partial charge is 0.352 e. The van der Waals surface area contributed by atoms with Crippen LogP contribution in [0.2, 0.25) is 0 Å². The number of hydrogen-bond acceptors (Lipinski definition) is 5. The van der Waals surface area contributed by atoms with E-state index in [4.69, 9.17) is 0 Å². The van der Waals surface area contributed by atoms with Crippen molar-refractivity contribution in [3.05, 3.63) is 58.3 Å². The van der Waals surface area contributed by atoms with Crippen molar-refractivity contribution in [1.82, 2.24) is 10.3 Å². The third-order valence-electron chi connectivity index (χ3n) is 2.91. The minimum absolute atomic E-state index is 0.0297. The summed E-state index contributed by atoms with van der Waals surface area (Å²) in [6.07, 6.45) is 2.38. The van der Waals surface area contributed by atoms with Crippen molar-refractivity contribution in [2.75, 3.05) is 11.9 Å². The molecule has 2 aromatic rings. The second-order valence-corrected chi connectivity index (χ2v) is 4.59. The Balaban J connectivity index is 2.24. The molecular weight excluding hydrogens is 284 g/mol. The molecule has 0 aliphatic carbocycles. The van der Waals surface area contributed by atoms with Gasteiger partial charge in [0.1, 0.15) is 5.82 Å². The van der Waals surface area contributed by atoms with Gasteiger partial charge in [0.15, 0.2) is 0 Å². The van der Waals surface area contributed by atoms with Crippen LogP contribution in [0, 0.1) is 10.1 Å². The predicted octanol–water partition coefficient (Wildman–Crippen LogP) is 2.87. The molecule has 1 aromatic carbocycles. The highest BCUT2D eigenvalue weighted by atomic mass is 16.6. The molecule has 22 heavy (non-hydrogen) atoms. The number of benzene rings is 1. The third kappa shape index (κ3) is 3.78. The molecule has 1 aromatic heterocycles. The molecule has 0 aliphatic rings. The number of rotatable bonds is 6. The fourth-order valence-electron chi connectivity index (χ4n) is 1.86. The van der Waals surface area contributed by atoms with E-state index in [9.17, 15) is 14.9 Å². The number of carbonyl (C=O) groups excluding carboxylic acids is 1. The molecule has 0 atom stereocenters. The second kappa shape index (κ2) is 7.16. The summed E-state index contributed by atoms with van der Waals surface area (Å²) in [5.74, 6) is 0.125. The second-order valence-electron chi connectivity index (χ2n) is 4.59. The van der Waals surface area contributed by atoms with Crippen molar-refractivity contribution in [2.24, 2.45) is 0 Å². The lowest BCUT2D eigenvalue weighted by Gasteiger charge is -2.10. The Morgan fingerprint density at radius 2 is 2.14 bits per heavy atom. The fraction of sp³-hybridized carbons (Fsp3) is 0.200. The number of aromatic nitrogens is 1. The molecule has 0 bridgehead atoms. The van der Waals surface area contributed by atoms with Gasteiger partial charge in [-0.15, -0.1) is 0 Å². The van der Waals surface area contributed by atoms with E-state index in [0.29, 0.717) is 23.6 Å². The summed E-state index contributed by atoms with van der Waals surface area (Å²) >= 11 is 0. The van der Waals surface area contributed by atoms with Crippen LogP contribution in [0.5, 0.6) is 0 Å². The molecule has 0 aliphatic heterocycles. The summed E-state index contributed by atoms with van der Waals surface area (Å²) < 4.78 is 0. The average Bonchev–Trinajstić information content (AvgIpc) is 2.53. The van der Waals surface area contributed by atoms with Crippen LogP contribution in [0.15, 0.2) is 42.6 Å². The van der Waals surface area contributed by atoms with Gasteiger partial charge < -0.3 is 10.6 Å². The monoisotopic (exact) mass is 300 g/mol. The van der Waals surface area contributed by atoms with E-state index in [1.807, 2.05) is 6.92 Å². The summed E-state index contributed by atoms with van der Waals surface area (Å²) in [6, 6.07) is 9.35. The van der Waals surface area contributed by atoms with Gasteiger partial charge in [-0.25, -0.2) is 4.98 Å². The molecule has 114 valence electrons. The predicted molar refractivity (Wildman–Crippen MR) is 83.2 cm³/mol. The number of hydrogen-bond donors (Lipinski definition) is 2. The van der Waals surface area contributed by atoms with E-state index in [0.717, 1.165) is 6.42 Å². The van der Waals surface area contributed by atoms with Crippen LogP contribution in [0.1, 0.15) is 23.7 Å². The molecule has 7 nitrogen and oxygen atoms in total.